The van der Waals surface area contributed by atoms with Crippen LogP contribution < -0.4 is 5.32 Å². The van der Waals surface area contributed by atoms with Crippen molar-refractivity contribution in [3.05, 3.63) is 17.0 Å². The van der Waals surface area contributed by atoms with E-state index in [1.165, 1.54) is 18.4 Å². The lowest BCUT2D eigenvalue weighted by molar-refractivity contribution is 0.156. The van der Waals surface area contributed by atoms with E-state index in [1.54, 1.807) is 0 Å². The fraction of sp³-hybridized carbons (Fsp3) is 0.778. The van der Waals surface area contributed by atoms with Crippen LogP contribution in [0.4, 0.5) is 0 Å². The van der Waals surface area contributed by atoms with Crippen LogP contribution in [-0.2, 0) is 11.2 Å². The minimum absolute atomic E-state index is 0.368. The Morgan fingerprint density at radius 3 is 2.92 bits per heavy atom. The van der Waals surface area contributed by atoms with Gasteiger partial charge in [-0.25, -0.2) is 0 Å². The molecule has 2 fully saturated rings. The van der Waals surface area contributed by atoms with Gasteiger partial charge >= 0.3 is 0 Å². The van der Waals surface area contributed by atoms with E-state index < -0.39 is 0 Å². The molecule has 6 nitrogen and oxygen atoms in total. The number of likely N-dealkylation sites (tertiary alicyclic amines) is 1. The summed E-state index contributed by atoms with van der Waals surface area (Å²) in [6.07, 6.45) is 4.40. The summed E-state index contributed by atoms with van der Waals surface area (Å²) in [7, 11) is 0. The van der Waals surface area contributed by atoms with E-state index >= 15 is 0 Å². The number of hydrogen-bond donors (Lipinski definition) is 1. The fourth-order valence-electron chi connectivity index (χ4n) is 3.81. The third-order valence-electron chi connectivity index (χ3n) is 5.29. The second kappa shape index (κ2) is 7.55. The number of guanidine groups is 1. The highest BCUT2D eigenvalue weighted by atomic mass is 16.5. The summed E-state index contributed by atoms with van der Waals surface area (Å²) in [4.78, 5) is 7.26. The average Bonchev–Trinajstić information content (AvgIpc) is 3.28. The van der Waals surface area contributed by atoms with Crippen molar-refractivity contribution in [2.24, 2.45) is 10.4 Å². The summed E-state index contributed by atoms with van der Waals surface area (Å²) in [5, 5.41) is 7.47. The van der Waals surface area contributed by atoms with Crippen molar-refractivity contribution >= 4 is 5.96 Å². The van der Waals surface area contributed by atoms with Gasteiger partial charge in [0.05, 0.1) is 12.3 Å². The molecule has 1 unspecified atom stereocenters. The van der Waals surface area contributed by atoms with Crippen molar-refractivity contribution in [3.63, 3.8) is 0 Å². The molecule has 0 bridgehead atoms. The zero-order chi connectivity index (χ0) is 17.0. The van der Waals surface area contributed by atoms with Gasteiger partial charge < -0.3 is 19.5 Å². The molecular formula is C18H30N4O2. The van der Waals surface area contributed by atoms with Gasteiger partial charge in [0, 0.05) is 43.8 Å². The molecule has 0 radical (unpaired) electrons. The first-order valence-electron chi connectivity index (χ1n) is 9.16. The van der Waals surface area contributed by atoms with Gasteiger partial charge in [-0.15, -0.1) is 0 Å². The quantitative estimate of drug-likeness (QED) is 0.508. The van der Waals surface area contributed by atoms with E-state index in [0.29, 0.717) is 5.41 Å². The number of nitrogens with one attached hydrogen (secondary N) is 1. The Balaban J connectivity index is 1.54. The van der Waals surface area contributed by atoms with E-state index in [1.807, 2.05) is 13.8 Å². The van der Waals surface area contributed by atoms with Gasteiger partial charge in [-0.3, -0.25) is 4.99 Å². The van der Waals surface area contributed by atoms with E-state index in [4.69, 9.17) is 14.3 Å². The molecule has 134 valence electrons. The minimum atomic E-state index is 0.368. The Bertz CT molecular complexity index is 556. The number of aromatic nitrogens is 1. The Morgan fingerprint density at radius 1 is 1.38 bits per heavy atom. The molecular weight excluding hydrogens is 304 g/mol. The minimum Gasteiger partial charge on any atom is -0.381 e. The molecule has 2 saturated heterocycles. The molecule has 0 amide bonds. The second-order valence-electron chi connectivity index (χ2n) is 7.12. The highest BCUT2D eigenvalue weighted by Gasteiger charge is 2.42. The monoisotopic (exact) mass is 334 g/mol. The molecule has 0 aromatic carbocycles. The van der Waals surface area contributed by atoms with E-state index in [9.17, 15) is 0 Å². The Hall–Kier alpha value is -1.56. The van der Waals surface area contributed by atoms with Crippen molar-refractivity contribution in [2.45, 2.75) is 46.5 Å². The van der Waals surface area contributed by atoms with Crippen LogP contribution in [-0.4, -0.2) is 55.4 Å². The van der Waals surface area contributed by atoms with Crippen LogP contribution in [0.15, 0.2) is 9.52 Å². The first kappa shape index (κ1) is 17.3. The highest BCUT2D eigenvalue weighted by Crippen LogP contribution is 2.38. The summed E-state index contributed by atoms with van der Waals surface area (Å²) in [6.45, 7) is 11.8. The molecule has 0 aliphatic carbocycles. The van der Waals surface area contributed by atoms with Crippen LogP contribution in [0, 0.1) is 19.3 Å². The Labute approximate surface area is 144 Å². The average molecular weight is 334 g/mol. The van der Waals surface area contributed by atoms with Crippen LogP contribution >= 0.6 is 0 Å². The topological polar surface area (TPSA) is 62.9 Å². The molecule has 1 atom stereocenters. The van der Waals surface area contributed by atoms with Crippen LogP contribution in [0.1, 0.15) is 43.2 Å². The zero-order valence-electron chi connectivity index (χ0n) is 15.2. The van der Waals surface area contributed by atoms with Crippen LogP contribution in [0.3, 0.4) is 0 Å². The number of ether oxygens (including phenoxy) is 1. The molecule has 2 aliphatic rings. The number of hydrogen-bond acceptors (Lipinski definition) is 4. The zero-order valence-corrected chi connectivity index (χ0v) is 15.2. The third kappa shape index (κ3) is 3.74. The van der Waals surface area contributed by atoms with Gasteiger partial charge in [-0.05, 0) is 46.5 Å². The third-order valence-corrected chi connectivity index (χ3v) is 5.29. The Morgan fingerprint density at radius 2 is 2.25 bits per heavy atom. The van der Waals surface area contributed by atoms with Crippen LogP contribution in [0.5, 0.6) is 0 Å². The SMILES string of the molecule is CCNC(=NCCCc1c(C)noc1C)N1CCC2(CCOC2)C1. The summed E-state index contributed by atoms with van der Waals surface area (Å²) < 4.78 is 10.9. The van der Waals surface area contributed by atoms with Gasteiger partial charge in [0.2, 0.25) is 0 Å². The standard InChI is InChI=1S/C18H30N4O2/c1-4-19-17(22-10-7-18(12-22)8-11-23-13-18)20-9-5-6-16-14(2)21-24-15(16)3/h4-13H2,1-3H3,(H,19,20). The molecule has 2 aliphatic heterocycles. The fourth-order valence-corrected chi connectivity index (χ4v) is 3.81. The number of aliphatic imine (C=N–C) groups is 1. The van der Waals surface area contributed by atoms with Gasteiger partial charge in [0.15, 0.2) is 5.96 Å². The normalized spacial score (nSPS) is 24.3. The summed E-state index contributed by atoms with van der Waals surface area (Å²) in [6, 6.07) is 0. The van der Waals surface area contributed by atoms with Crippen LogP contribution in [0.25, 0.3) is 0 Å². The van der Waals surface area contributed by atoms with Crippen molar-refractivity contribution < 1.29 is 9.26 Å². The smallest absolute Gasteiger partial charge is 0.193 e. The first-order valence-corrected chi connectivity index (χ1v) is 9.16. The van der Waals surface area contributed by atoms with Crippen molar-refractivity contribution in [1.82, 2.24) is 15.4 Å². The molecule has 24 heavy (non-hydrogen) atoms. The predicted octanol–water partition coefficient (Wildman–Crippen LogP) is 2.30. The maximum Gasteiger partial charge on any atom is 0.193 e. The lowest BCUT2D eigenvalue weighted by atomic mass is 9.87. The molecule has 1 aromatic heterocycles. The number of aryl methyl sites for hydroxylation is 2. The van der Waals surface area contributed by atoms with Crippen LogP contribution in [0.2, 0.25) is 0 Å². The van der Waals surface area contributed by atoms with Gasteiger partial charge in [0.25, 0.3) is 0 Å². The van der Waals surface area contributed by atoms with E-state index in [0.717, 1.165) is 69.6 Å². The number of nitrogens with zero attached hydrogens (tertiary/aromatic N) is 3. The summed E-state index contributed by atoms with van der Waals surface area (Å²) in [5.74, 6) is 1.99. The molecule has 3 heterocycles. The summed E-state index contributed by atoms with van der Waals surface area (Å²) in [5.41, 5.74) is 2.61. The van der Waals surface area contributed by atoms with Gasteiger partial charge in [-0.2, -0.15) is 0 Å². The lowest BCUT2D eigenvalue weighted by Crippen LogP contribution is -2.41. The summed E-state index contributed by atoms with van der Waals surface area (Å²) >= 11 is 0. The molecule has 1 spiro atoms. The first-order chi connectivity index (χ1) is 11.6. The van der Waals surface area contributed by atoms with Crippen molar-refractivity contribution in [3.8, 4) is 0 Å². The molecule has 0 saturated carbocycles. The number of rotatable bonds is 5. The van der Waals surface area contributed by atoms with E-state index in [2.05, 4.69) is 22.3 Å². The highest BCUT2D eigenvalue weighted by molar-refractivity contribution is 5.80. The maximum absolute atomic E-state index is 5.63. The second-order valence-corrected chi connectivity index (χ2v) is 7.12. The van der Waals surface area contributed by atoms with Crippen molar-refractivity contribution in [2.75, 3.05) is 39.4 Å². The predicted molar refractivity (Wildman–Crippen MR) is 94.3 cm³/mol. The van der Waals surface area contributed by atoms with Gasteiger partial charge in [-0.1, -0.05) is 5.16 Å². The molecule has 1 aromatic rings. The largest absolute Gasteiger partial charge is 0.381 e. The lowest BCUT2D eigenvalue weighted by Gasteiger charge is -2.25. The molecule has 1 N–H and O–H groups in total. The van der Waals surface area contributed by atoms with Crippen molar-refractivity contribution in [1.29, 1.82) is 0 Å². The maximum atomic E-state index is 5.63. The van der Waals surface area contributed by atoms with E-state index in [-0.39, 0.29) is 0 Å². The molecule has 6 heteroatoms. The molecule has 3 rings (SSSR count). The van der Waals surface area contributed by atoms with Gasteiger partial charge in [0.1, 0.15) is 5.76 Å². The Kier molecular flexibility index (Phi) is 5.43.